The Kier molecular flexibility index (Phi) is 3.33. The second-order valence-electron chi connectivity index (χ2n) is 3.35. The van der Waals surface area contributed by atoms with E-state index < -0.39 is 0 Å². The summed E-state index contributed by atoms with van der Waals surface area (Å²) < 4.78 is 0. The molecule has 4 nitrogen and oxygen atoms in total. The second kappa shape index (κ2) is 5.11. The van der Waals surface area contributed by atoms with Crippen molar-refractivity contribution < 1.29 is 0 Å². The van der Waals surface area contributed by atoms with Crippen LogP contribution in [0.1, 0.15) is 5.69 Å². The zero-order valence-corrected chi connectivity index (χ0v) is 9.14. The zero-order valence-electron chi connectivity index (χ0n) is 9.14. The van der Waals surface area contributed by atoms with Crippen molar-refractivity contribution in [2.45, 2.75) is 6.54 Å². The van der Waals surface area contributed by atoms with Crippen molar-refractivity contribution in [3.05, 3.63) is 48.4 Å². The molecular weight excluding hydrogens is 200 g/mol. The van der Waals surface area contributed by atoms with E-state index in [-0.39, 0.29) is 0 Å². The molecule has 0 aliphatic rings. The van der Waals surface area contributed by atoms with Gasteiger partial charge in [-0.2, -0.15) is 0 Å². The molecule has 2 aromatic heterocycles. The third kappa shape index (κ3) is 2.70. The summed E-state index contributed by atoms with van der Waals surface area (Å²) in [7, 11) is 1.85. The van der Waals surface area contributed by atoms with Gasteiger partial charge in [-0.05, 0) is 18.2 Å². The van der Waals surface area contributed by atoms with Gasteiger partial charge in [-0.15, -0.1) is 0 Å². The number of rotatable bonds is 4. The van der Waals surface area contributed by atoms with Gasteiger partial charge in [0, 0.05) is 31.2 Å². The topological polar surface area (TPSA) is 49.8 Å². The number of aromatic nitrogens is 2. The Morgan fingerprint density at radius 3 is 2.81 bits per heavy atom. The first-order valence-electron chi connectivity index (χ1n) is 5.16. The molecule has 0 aliphatic heterocycles. The molecule has 0 saturated heterocycles. The summed E-state index contributed by atoms with van der Waals surface area (Å²) in [6.45, 7) is 0.716. The maximum atomic E-state index is 4.24. The fourth-order valence-corrected chi connectivity index (χ4v) is 1.37. The highest BCUT2D eigenvalue weighted by Crippen LogP contribution is 2.11. The fraction of sp³-hybridized carbons (Fsp3) is 0.167. The van der Waals surface area contributed by atoms with Gasteiger partial charge in [0.15, 0.2) is 0 Å². The van der Waals surface area contributed by atoms with Gasteiger partial charge in [0.1, 0.15) is 5.82 Å². The Hall–Kier alpha value is -2.10. The average Bonchev–Trinajstić information content (AvgIpc) is 2.38. The van der Waals surface area contributed by atoms with Crippen LogP contribution in [0.15, 0.2) is 42.7 Å². The molecule has 0 unspecified atom stereocenters. The van der Waals surface area contributed by atoms with Crippen LogP contribution in [0.25, 0.3) is 0 Å². The van der Waals surface area contributed by atoms with Crippen LogP contribution in [0.2, 0.25) is 0 Å². The van der Waals surface area contributed by atoms with Gasteiger partial charge in [0.05, 0.1) is 12.2 Å². The number of anilines is 2. The molecule has 0 saturated carbocycles. The van der Waals surface area contributed by atoms with Crippen molar-refractivity contribution >= 4 is 11.5 Å². The SMILES string of the molecule is CNc1cc(NCc2ccccn2)ccn1. The van der Waals surface area contributed by atoms with E-state index in [9.17, 15) is 0 Å². The van der Waals surface area contributed by atoms with Gasteiger partial charge >= 0.3 is 0 Å². The summed E-state index contributed by atoms with van der Waals surface area (Å²) in [6.07, 6.45) is 3.56. The number of nitrogens with one attached hydrogen (secondary N) is 2. The van der Waals surface area contributed by atoms with Crippen LogP contribution in [-0.4, -0.2) is 17.0 Å². The highest BCUT2D eigenvalue weighted by molar-refractivity contribution is 5.51. The third-order valence-electron chi connectivity index (χ3n) is 2.22. The lowest BCUT2D eigenvalue weighted by Crippen LogP contribution is -2.02. The van der Waals surface area contributed by atoms with Gasteiger partial charge in [0.25, 0.3) is 0 Å². The molecule has 2 rings (SSSR count). The Morgan fingerprint density at radius 2 is 2.06 bits per heavy atom. The average molecular weight is 214 g/mol. The number of hydrogen-bond acceptors (Lipinski definition) is 4. The minimum atomic E-state index is 0.716. The van der Waals surface area contributed by atoms with Crippen LogP contribution in [0.5, 0.6) is 0 Å². The molecular formula is C12H14N4. The molecule has 0 radical (unpaired) electrons. The van der Waals surface area contributed by atoms with Crippen molar-refractivity contribution in [1.29, 1.82) is 0 Å². The molecule has 4 heteroatoms. The lowest BCUT2D eigenvalue weighted by Gasteiger charge is -2.06. The minimum absolute atomic E-state index is 0.716. The summed E-state index contributed by atoms with van der Waals surface area (Å²) in [5.74, 6) is 0.853. The number of pyridine rings is 2. The summed E-state index contributed by atoms with van der Waals surface area (Å²) in [5, 5.41) is 6.29. The van der Waals surface area contributed by atoms with Crippen LogP contribution in [0.3, 0.4) is 0 Å². The molecule has 2 N–H and O–H groups in total. The molecule has 82 valence electrons. The van der Waals surface area contributed by atoms with Gasteiger partial charge in [0.2, 0.25) is 0 Å². The van der Waals surface area contributed by atoms with Crippen molar-refractivity contribution in [2.75, 3.05) is 17.7 Å². The quantitative estimate of drug-likeness (QED) is 0.818. The molecule has 0 aliphatic carbocycles. The highest BCUT2D eigenvalue weighted by atomic mass is 15.0. The smallest absolute Gasteiger partial charge is 0.127 e. The molecule has 0 amide bonds. The second-order valence-corrected chi connectivity index (χ2v) is 3.35. The van der Waals surface area contributed by atoms with Gasteiger partial charge in [-0.1, -0.05) is 6.07 Å². The first kappa shape index (κ1) is 10.4. The summed E-state index contributed by atoms with van der Waals surface area (Å²) in [6, 6.07) is 9.78. The standard InChI is InChI=1S/C12H14N4/c1-13-12-8-10(5-7-15-12)16-9-11-4-2-3-6-14-11/h2-8H,9H2,1H3,(H2,13,15,16). The summed E-state index contributed by atoms with van der Waals surface area (Å²) in [4.78, 5) is 8.39. The maximum absolute atomic E-state index is 4.24. The van der Waals surface area contributed by atoms with Crippen molar-refractivity contribution in [2.24, 2.45) is 0 Å². The first-order chi connectivity index (χ1) is 7.88. The van der Waals surface area contributed by atoms with E-state index in [2.05, 4.69) is 20.6 Å². The molecule has 0 atom stereocenters. The first-order valence-corrected chi connectivity index (χ1v) is 5.16. The third-order valence-corrected chi connectivity index (χ3v) is 2.22. The zero-order chi connectivity index (χ0) is 11.2. The number of hydrogen-bond donors (Lipinski definition) is 2. The van der Waals surface area contributed by atoms with E-state index in [1.165, 1.54) is 0 Å². The molecule has 0 aromatic carbocycles. The van der Waals surface area contributed by atoms with Crippen molar-refractivity contribution in [3.63, 3.8) is 0 Å². The molecule has 0 fully saturated rings. The maximum Gasteiger partial charge on any atom is 0.127 e. The lowest BCUT2D eigenvalue weighted by atomic mass is 10.3. The van der Waals surface area contributed by atoms with Crippen LogP contribution in [0, 0.1) is 0 Å². The van der Waals surface area contributed by atoms with E-state index in [0.29, 0.717) is 6.54 Å². The molecule has 2 heterocycles. The van der Waals surface area contributed by atoms with E-state index in [1.54, 1.807) is 12.4 Å². The Morgan fingerprint density at radius 1 is 1.12 bits per heavy atom. The normalized spacial score (nSPS) is 9.81. The molecule has 0 spiro atoms. The minimum Gasteiger partial charge on any atom is -0.379 e. The largest absolute Gasteiger partial charge is 0.379 e. The molecule has 2 aromatic rings. The van der Waals surface area contributed by atoms with Gasteiger partial charge in [-0.25, -0.2) is 4.98 Å². The van der Waals surface area contributed by atoms with Crippen LogP contribution in [0.4, 0.5) is 11.5 Å². The fourth-order valence-electron chi connectivity index (χ4n) is 1.37. The van der Waals surface area contributed by atoms with Crippen molar-refractivity contribution in [3.8, 4) is 0 Å². The van der Waals surface area contributed by atoms with Crippen LogP contribution in [-0.2, 0) is 6.54 Å². The predicted octanol–water partition coefficient (Wildman–Crippen LogP) is 2.13. The van der Waals surface area contributed by atoms with Crippen LogP contribution >= 0.6 is 0 Å². The van der Waals surface area contributed by atoms with Gasteiger partial charge in [-0.3, -0.25) is 4.98 Å². The van der Waals surface area contributed by atoms with Gasteiger partial charge < -0.3 is 10.6 Å². The van der Waals surface area contributed by atoms with E-state index in [0.717, 1.165) is 17.2 Å². The van der Waals surface area contributed by atoms with E-state index in [4.69, 9.17) is 0 Å². The highest BCUT2D eigenvalue weighted by Gasteiger charge is 1.96. The Bertz CT molecular complexity index is 442. The lowest BCUT2D eigenvalue weighted by molar-refractivity contribution is 1.04. The van der Waals surface area contributed by atoms with E-state index >= 15 is 0 Å². The predicted molar refractivity (Wildman–Crippen MR) is 65.3 cm³/mol. The van der Waals surface area contributed by atoms with Crippen LogP contribution < -0.4 is 10.6 Å². The molecule has 0 bridgehead atoms. The summed E-state index contributed by atoms with van der Waals surface area (Å²) in [5.41, 5.74) is 2.05. The summed E-state index contributed by atoms with van der Waals surface area (Å²) >= 11 is 0. The van der Waals surface area contributed by atoms with Crippen molar-refractivity contribution in [1.82, 2.24) is 9.97 Å². The monoisotopic (exact) mass is 214 g/mol. The number of nitrogens with zero attached hydrogens (tertiary/aromatic N) is 2. The Balaban J connectivity index is 1.99. The van der Waals surface area contributed by atoms with E-state index in [1.807, 2.05) is 37.4 Å². The molecule has 16 heavy (non-hydrogen) atoms. The Labute approximate surface area is 94.8 Å².